The topological polar surface area (TPSA) is 115 Å². The summed E-state index contributed by atoms with van der Waals surface area (Å²) in [5, 5.41) is 13.2. The number of benzene rings is 1. The highest BCUT2D eigenvalue weighted by atomic mass is 16.6. The molecule has 148 valence electrons. The van der Waals surface area contributed by atoms with Crippen LogP contribution in [0.15, 0.2) is 30.5 Å². The first-order valence-electron chi connectivity index (χ1n) is 9.07. The van der Waals surface area contributed by atoms with Crippen molar-refractivity contribution in [2.75, 3.05) is 5.32 Å². The van der Waals surface area contributed by atoms with Crippen molar-refractivity contribution in [2.24, 2.45) is 0 Å². The molecule has 1 aliphatic heterocycles. The van der Waals surface area contributed by atoms with Crippen LogP contribution in [0, 0.1) is 0 Å². The number of ether oxygens (including phenoxy) is 1. The Bertz CT molecular complexity index is 882. The van der Waals surface area contributed by atoms with Crippen molar-refractivity contribution in [1.29, 1.82) is 0 Å². The lowest BCUT2D eigenvalue weighted by molar-refractivity contribution is -0.131. The summed E-state index contributed by atoms with van der Waals surface area (Å²) in [5.41, 5.74) is 1.39. The summed E-state index contributed by atoms with van der Waals surface area (Å²) in [5.74, 6) is -0.628. The Balaban J connectivity index is 1.69. The van der Waals surface area contributed by atoms with Crippen LogP contribution in [-0.2, 0) is 14.3 Å². The molecule has 2 aromatic rings. The van der Waals surface area contributed by atoms with Gasteiger partial charge < -0.3 is 4.74 Å². The van der Waals surface area contributed by atoms with Crippen molar-refractivity contribution >= 4 is 23.6 Å². The van der Waals surface area contributed by atoms with E-state index in [9.17, 15) is 14.4 Å². The van der Waals surface area contributed by atoms with E-state index in [0.29, 0.717) is 30.6 Å². The van der Waals surface area contributed by atoms with E-state index in [2.05, 4.69) is 20.9 Å². The average molecular weight is 385 g/mol. The fraction of sp³-hybridized carbons (Fsp3) is 0.421. The highest BCUT2D eigenvalue weighted by molar-refractivity contribution is 5.97. The Morgan fingerprint density at radius 3 is 2.64 bits per heavy atom. The SMILES string of the molecule is CC(C)(C)OC(=O)Nc1ccc(-c2cn(C3CCCC(=O)NC3=O)nn2)cc1. The molecule has 1 aromatic carbocycles. The zero-order valence-electron chi connectivity index (χ0n) is 16.1. The maximum absolute atomic E-state index is 12.1. The lowest BCUT2D eigenvalue weighted by Crippen LogP contribution is -2.34. The molecule has 2 N–H and O–H groups in total. The number of carbonyl (C=O) groups excluding carboxylic acids is 3. The molecule has 1 atom stereocenters. The van der Waals surface area contributed by atoms with Crippen LogP contribution in [0.4, 0.5) is 10.5 Å². The van der Waals surface area contributed by atoms with Crippen molar-refractivity contribution in [1.82, 2.24) is 20.3 Å². The Morgan fingerprint density at radius 1 is 1.25 bits per heavy atom. The number of hydrogen-bond acceptors (Lipinski definition) is 6. The highest BCUT2D eigenvalue weighted by Crippen LogP contribution is 2.23. The third-order valence-corrected chi connectivity index (χ3v) is 4.10. The van der Waals surface area contributed by atoms with Crippen molar-refractivity contribution in [3.8, 4) is 11.3 Å². The molecule has 0 aliphatic carbocycles. The standard InChI is InChI=1S/C19H23N5O4/c1-19(2,3)28-18(27)20-13-9-7-12(8-10-13)14-11-24(23-22-14)15-5-4-6-16(25)21-17(15)26/h7-11,15H,4-6H2,1-3H3,(H,20,27)(H,21,25,26). The number of imide groups is 1. The van der Waals surface area contributed by atoms with E-state index in [0.717, 1.165) is 5.56 Å². The number of amides is 3. The van der Waals surface area contributed by atoms with Gasteiger partial charge in [-0.05, 0) is 45.7 Å². The van der Waals surface area contributed by atoms with E-state index >= 15 is 0 Å². The predicted molar refractivity (Wildman–Crippen MR) is 101 cm³/mol. The van der Waals surface area contributed by atoms with Gasteiger partial charge in [-0.2, -0.15) is 0 Å². The van der Waals surface area contributed by atoms with E-state index in [4.69, 9.17) is 4.74 Å². The van der Waals surface area contributed by atoms with Crippen molar-refractivity contribution in [3.05, 3.63) is 30.5 Å². The van der Waals surface area contributed by atoms with Gasteiger partial charge in [0.1, 0.15) is 17.3 Å². The Kier molecular flexibility index (Phi) is 5.43. The molecule has 0 spiro atoms. The molecule has 3 amide bonds. The van der Waals surface area contributed by atoms with Crippen LogP contribution in [0.3, 0.4) is 0 Å². The molecular weight excluding hydrogens is 362 g/mol. The van der Waals surface area contributed by atoms with Gasteiger partial charge in [-0.15, -0.1) is 5.10 Å². The number of hydrogen-bond donors (Lipinski definition) is 2. The van der Waals surface area contributed by atoms with Gasteiger partial charge in [-0.3, -0.25) is 20.2 Å². The Morgan fingerprint density at radius 2 is 1.96 bits per heavy atom. The number of carbonyl (C=O) groups is 3. The van der Waals surface area contributed by atoms with Crippen molar-refractivity contribution in [3.63, 3.8) is 0 Å². The molecule has 3 rings (SSSR count). The molecule has 9 nitrogen and oxygen atoms in total. The molecule has 2 heterocycles. The fourth-order valence-electron chi connectivity index (χ4n) is 2.83. The molecule has 1 aromatic heterocycles. The van der Waals surface area contributed by atoms with Crippen LogP contribution >= 0.6 is 0 Å². The summed E-state index contributed by atoms with van der Waals surface area (Å²) in [6, 6.07) is 6.49. The van der Waals surface area contributed by atoms with E-state index in [1.54, 1.807) is 51.2 Å². The van der Waals surface area contributed by atoms with Crippen LogP contribution in [0.1, 0.15) is 46.1 Å². The smallest absolute Gasteiger partial charge is 0.412 e. The highest BCUT2D eigenvalue weighted by Gasteiger charge is 2.27. The maximum atomic E-state index is 12.1. The van der Waals surface area contributed by atoms with E-state index in [1.165, 1.54) is 4.68 Å². The summed E-state index contributed by atoms with van der Waals surface area (Å²) in [4.78, 5) is 35.4. The minimum Gasteiger partial charge on any atom is -0.444 e. The minimum atomic E-state index is -0.572. The Hall–Kier alpha value is -3.23. The second kappa shape index (κ2) is 7.79. The summed E-state index contributed by atoms with van der Waals surface area (Å²) in [6.07, 6.45) is 2.62. The fourth-order valence-corrected chi connectivity index (χ4v) is 2.83. The molecule has 1 saturated heterocycles. The molecule has 0 saturated carbocycles. The van der Waals surface area contributed by atoms with Crippen molar-refractivity contribution in [2.45, 2.75) is 51.7 Å². The van der Waals surface area contributed by atoms with Crippen LogP contribution < -0.4 is 10.6 Å². The second-order valence-electron chi connectivity index (χ2n) is 7.61. The van der Waals surface area contributed by atoms with E-state index in [1.807, 2.05) is 0 Å². The molecule has 0 radical (unpaired) electrons. The molecule has 1 unspecified atom stereocenters. The summed E-state index contributed by atoms with van der Waals surface area (Å²) in [6.45, 7) is 5.39. The normalized spacial score (nSPS) is 17.6. The number of nitrogens with zero attached hydrogens (tertiary/aromatic N) is 3. The van der Waals surface area contributed by atoms with Gasteiger partial charge in [0.15, 0.2) is 0 Å². The van der Waals surface area contributed by atoms with Crippen molar-refractivity contribution < 1.29 is 19.1 Å². The molecule has 9 heteroatoms. The number of anilines is 1. The van der Waals surface area contributed by atoms with Gasteiger partial charge in [-0.25, -0.2) is 9.48 Å². The van der Waals surface area contributed by atoms with Gasteiger partial charge in [0.2, 0.25) is 5.91 Å². The third-order valence-electron chi connectivity index (χ3n) is 4.10. The van der Waals surface area contributed by atoms with E-state index in [-0.39, 0.29) is 11.8 Å². The zero-order chi connectivity index (χ0) is 20.3. The maximum Gasteiger partial charge on any atom is 0.412 e. The lowest BCUT2D eigenvalue weighted by atomic mass is 10.1. The largest absolute Gasteiger partial charge is 0.444 e. The molecule has 1 fully saturated rings. The van der Waals surface area contributed by atoms with Gasteiger partial charge >= 0.3 is 6.09 Å². The van der Waals surface area contributed by atoms with Gasteiger partial charge in [0.25, 0.3) is 5.91 Å². The molecule has 28 heavy (non-hydrogen) atoms. The van der Waals surface area contributed by atoms with Gasteiger partial charge in [-0.1, -0.05) is 17.3 Å². The summed E-state index contributed by atoms with van der Waals surface area (Å²) in [7, 11) is 0. The number of rotatable bonds is 3. The minimum absolute atomic E-state index is 0.263. The lowest BCUT2D eigenvalue weighted by Gasteiger charge is -2.19. The first kappa shape index (κ1) is 19.5. The molecule has 0 bridgehead atoms. The number of aromatic nitrogens is 3. The zero-order valence-corrected chi connectivity index (χ0v) is 16.1. The van der Waals surface area contributed by atoms with Gasteiger partial charge in [0, 0.05) is 17.7 Å². The van der Waals surface area contributed by atoms with Crippen LogP contribution in [0.5, 0.6) is 0 Å². The molecule has 1 aliphatic rings. The third kappa shape index (κ3) is 4.93. The average Bonchev–Trinajstić information content (AvgIpc) is 3.00. The second-order valence-corrected chi connectivity index (χ2v) is 7.61. The first-order chi connectivity index (χ1) is 13.2. The summed E-state index contributed by atoms with van der Waals surface area (Å²) < 4.78 is 6.70. The quantitative estimate of drug-likeness (QED) is 0.785. The predicted octanol–water partition coefficient (Wildman–Crippen LogP) is 2.66. The summed E-state index contributed by atoms with van der Waals surface area (Å²) >= 11 is 0. The number of nitrogens with one attached hydrogen (secondary N) is 2. The van der Waals surface area contributed by atoms with Crippen LogP contribution in [-0.4, -0.2) is 38.5 Å². The van der Waals surface area contributed by atoms with E-state index < -0.39 is 17.7 Å². The van der Waals surface area contributed by atoms with Gasteiger partial charge in [0.05, 0.1) is 6.20 Å². The van der Waals surface area contributed by atoms with Crippen LogP contribution in [0.25, 0.3) is 11.3 Å². The monoisotopic (exact) mass is 385 g/mol. The van der Waals surface area contributed by atoms with Crippen LogP contribution in [0.2, 0.25) is 0 Å². The molecular formula is C19H23N5O4. The first-order valence-corrected chi connectivity index (χ1v) is 9.07. The Labute approximate surface area is 162 Å².